The van der Waals surface area contributed by atoms with Gasteiger partial charge in [0, 0.05) is 47.9 Å². The number of hydrogen-bond donors (Lipinski definition) is 3. The van der Waals surface area contributed by atoms with E-state index in [1.165, 1.54) is 30.2 Å². The minimum Gasteiger partial charge on any atom is -0.393 e. The number of anilines is 1. The third kappa shape index (κ3) is 3.66. The summed E-state index contributed by atoms with van der Waals surface area (Å²) in [4.78, 5) is 9.70. The number of rotatable bonds is 6. The normalized spacial score (nSPS) is 32.7. The van der Waals surface area contributed by atoms with Gasteiger partial charge in [0.2, 0.25) is 5.95 Å². The Kier molecular flexibility index (Phi) is 5.25. The molecule has 2 saturated heterocycles. The lowest BCUT2D eigenvalue weighted by molar-refractivity contribution is 0.111. The van der Waals surface area contributed by atoms with Gasteiger partial charge < -0.3 is 20.3 Å². The van der Waals surface area contributed by atoms with Crippen molar-refractivity contribution in [2.75, 3.05) is 5.32 Å². The molecule has 29 heavy (non-hydrogen) atoms. The fourth-order valence-electron chi connectivity index (χ4n) is 5.93. The highest BCUT2D eigenvalue weighted by molar-refractivity contribution is 5.81. The van der Waals surface area contributed by atoms with Crippen molar-refractivity contribution in [2.24, 2.45) is 0 Å². The Morgan fingerprint density at radius 2 is 2.07 bits per heavy atom. The molecule has 6 heteroatoms. The molecule has 3 unspecified atom stereocenters. The topological polar surface area (TPSA) is 75.0 Å². The van der Waals surface area contributed by atoms with Crippen molar-refractivity contribution in [1.82, 2.24) is 19.9 Å². The van der Waals surface area contributed by atoms with E-state index in [1.807, 2.05) is 0 Å². The summed E-state index contributed by atoms with van der Waals surface area (Å²) in [5.74, 6) is 1.32. The molecule has 2 aromatic rings. The molecule has 0 spiro atoms. The number of fused-ring (bicyclic) bond motifs is 3. The lowest BCUT2D eigenvalue weighted by Gasteiger charge is -2.27. The Morgan fingerprint density at radius 1 is 1.24 bits per heavy atom. The highest BCUT2D eigenvalue weighted by Crippen LogP contribution is 2.44. The number of nitrogens with one attached hydrogen (secondary N) is 2. The van der Waals surface area contributed by atoms with Gasteiger partial charge in [0.25, 0.3) is 0 Å². The van der Waals surface area contributed by atoms with Crippen molar-refractivity contribution in [1.29, 1.82) is 0 Å². The van der Waals surface area contributed by atoms with Gasteiger partial charge in [-0.15, -0.1) is 0 Å². The molecule has 0 radical (unpaired) electrons. The molecule has 1 saturated carbocycles. The standard InChI is InChI=1S/C23H35N5O/c1-3-4-14(2)25-23-24-12-19-20(18-11-15-5-10-21(18)26-15)13-28(22(19)27-23)16-6-8-17(29)9-7-16/h12-18,21,26,29H,3-11H2,1-2H3,(H,24,25,27)/t14-,15?,16?,17?,18?,21?/m0/s1. The van der Waals surface area contributed by atoms with E-state index in [0.717, 1.165) is 50.1 Å². The Hall–Kier alpha value is -1.66. The maximum absolute atomic E-state index is 9.98. The Labute approximate surface area is 173 Å². The first-order valence-corrected chi connectivity index (χ1v) is 11.7. The van der Waals surface area contributed by atoms with Gasteiger partial charge in [-0.25, -0.2) is 4.98 Å². The fourth-order valence-corrected chi connectivity index (χ4v) is 5.93. The lowest BCUT2D eigenvalue weighted by atomic mass is 9.84. The molecule has 0 aromatic carbocycles. The Balaban J connectivity index is 1.51. The maximum atomic E-state index is 9.98. The van der Waals surface area contributed by atoms with Crippen molar-refractivity contribution in [3.05, 3.63) is 18.0 Å². The van der Waals surface area contributed by atoms with Crippen LogP contribution in [0.3, 0.4) is 0 Å². The minimum absolute atomic E-state index is 0.135. The molecule has 1 aliphatic carbocycles. The van der Waals surface area contributed by atoms with Crippen molar-refractivity contribution >= 4 is 17.0 Å². The SMILES string of the molecule is CCC[C@H](C)Nc1ncc2c(C3CC4CCC3N4)cn(C3CCC(O)CC3)c2n1. The summed E-state index contributed by atoms with van der Waals surface area (Å²) in [5, 5.41) is 18.5. The zero-order chi connectivity index (χ0) is 20.0. The van der Waals surface area contributed by atoms with Crippen molar-refractivity contribution in [3.8, 4) is 0 Å². The molecule has 2 bridgehead atoms. The number of aliphatic hydroxyl groups excluding tert-OH is 1. The lowest BCUT2D eigenvalue weighted by Crippen LogP contribution is -2.22. The molecule has 3 fully saturated rings. The molecule has 2 aliphatic heterocycles. The maximum Gasteiger partial charge on any atom is 0.224 e. The van der Waals surface area contributed by atoms with Crippen LogP contribution in [0.1, 0.15) is 89.2 Å². The van der Waals surface area contributed by atoms with Gasteiger partial charge in [0.05, 0.1) is 6.10 Å². The largest absolute Gasteiger partial charge is 0.393 e. The summed E-state index contributed by atoms with van der Waals surface area (Å²) in [6, 6.07) is 2.09. The van der Waals surface area contributed by atoms with Crippen molar-refractivity contribution < 1.29 is 5.11 Å². The Bertz CT molecular complexity index is 856. The van der Waals surface area contributed by atoms with E-state index in [2.05, 4.69) is 41.4 Å². The van der Waals surface area contributed by atoms with E-state index in [9.17, 15) is 5.11 Å². The second-order valence-electron chi connectivity index (χ2n) is 9.61. The third-order valence-corrected chi connectivity index (χ3v) is 7.46. The van der Waals surface area contributed by atoms with E-state index in [-0.39, 0.29) is 6.10 Å². The van der Waals surface area contributed by atoms with Crippen LogP contribution in [0, 0.1) is 0 Å². The van der Waals surface area contributed by atoms with Crippen molar-refractivity contribution in [2.45, 2.75) is 108 Å². The molecule has 2 aromatic heterocycles. The summed E-state index contributed by atoms with van der Waals surface area (Å²) in [7, 11) is 0. The minimum atomic E-state index is -0.135. The quantitative estimate of drug-likeness (QED) is 0.684. The fraction of sp³-hybridized carbons (Fsp3) is 0.739. The molecule has 5 rings (SSSR count). The molecular formula is C23H35N5O. The van der Waals surface area contributed by atoms with Gasteiger partial charge in [-0.1, -0.05) is 13.3 Å². The van der Waals surface area contributed by atoms with Crippen LogP contribution in [0.4, 0.5) is 5.95 Å². The summed E-state index contributed by atoms with van der Waals surface area (Å²) < 4.78 is 2.42. The first-order valence-electron chi connectivity index (χ1n) is 11.7. The van der Waals surface area contributed by atoms with Crippen molar-refractivity contribution in [3.63, 3.8) is 0 Å². The summed E-state index contributed by atoms with van der Waals surface area (Å²) in [5.41, 5.74) is 2.50. The van der Waals surface area contributed by atoms with E-state index in [4.69, 9.17) is 9.97 Å². The first-order chi connectivity index (χ1) is 14.1. The van der Waals surface area contributed by atoms with Crippen LogP contribution in [-0.4, -0.2) is 43.9 Å². The summed E-state index contributed by atoms with van der Waals surface area (Å²) >= 11 is 0. The molecule has 6 nitrogen and oxygen atoms in total. The molecule has 4 heterocycles. The van der Waals surface area contributed by atoms with Crippen LogP contribution in [0.5, 0.6) is 0 Å². The number of aromatic nitrogens is 3. The highest BCUT2D eigenvalue weighted by Gasteiger charge is 2.41. The predicted octanol–water partition coefficient (Wildman–Crippen LogP) is 4.12. The van der Waals surface area contributed by atoms with E-state index >= 15 is 0 Å². The third-order valence-electron chi connectivity index (χ3n) is 7.46. The zero-order valence-corrected chi connectivity index (χ0v) is 17.8. The van der Waals surface area contributed by atoms with E-state index in [1.54, 1.807) is 0 Å². The number of hydrogen-bond acceptors (Lipinski definition) is 5. The molecule has 4 atom stereocenters. The van der Waals surface area contributed by atoms with E-state index in [0.29, 0.717) is 30.1 Å². The van der Waals surface area contributed by atoms with Gasteiger partial charge in [-0.2, -0.15) is 4.98 Å². The highest BCUT2D eigenvalue weighted by atomic mass is 16.3. The average Bonchev–Trinajstić information content (AvgIpc) is 3.42. The Morgan fingerprint density at radius 3 is 2.76 bits per heavy atom. The number of aliphatic hydroxyl groups is 1. The molecule has 3 N–H and O–H groups in total. The van der Waals surface area contributed by atoms with Crippen LogP contribution in [-0.2, 0) is 0 Å². The summed E-state index contributed by atoms with van der Waals surface area (Å²) in [6.07, 6.45) is 14.2. The van der Waals surface area contributed by atoms with Gasteiger partial charge >= 0.3 is 0 Å². The molecular weight excluding hydrogens is 362 g/mol. The molecule has 158 valence electrons. The van der Waals surface area contributed by atoms with Gasteiger partial charge in [0.15, 0.2) is 0 Å². The number of nitrogens with zero attached hydrogens (tertiary/aromatic N) is 3. The van der Waals surface area contributed by atoms with Crippen LogP contribution in [0.2, 0.25) is 0 Å². The van der Waals surface area contributed by atoms with Gasteiger partial charge in [0.1, 0.15) is 5.65 Å². The monoisotopic (exact) mass is 397 g/mol. The van der Waals surface area contributed by atoms with Crippen LogP contribution >= 0.6 is 0 Å². The average molecular weight is 398 g/mol. The second kappa shape index (κ2) is 7.88. The zero-order valence-electron chi connectivity index (χ0n) is 17.8. The van der Waals surface area contributed by atoms with Crippen LogP contribution in [0.25, 0.3) is 11.0 Å². The second-order valence-corrected chi connectivity index (χ2v) is 9.61. The molecule has 3 aliphatic rings. The van der Waals surface area contributed by atoms with Crippen LogP contribution in [0.15, 0.2) is 12.4 Å². The first kappa shape index (κ1) is 19.3. The molecule has 0 amide bonds. The predicted molar refractivity (Wildman–Crippen MR) is 116 cm³/mol. The smallest absolute Gasteiger partial charge is 0.224 e. The van der Waals surface area contributed by atoms with E-state index < -0.39 is 0 Å². The van der Waals surface area contributed by atoms with Gasteiger partial charge in [-0.05, 0) is 63.9 Å². The summed E-state index contributed by atoms with van der Waals surface area (Å²) in [6.45, 7) is 4.41. The van der Waals surface area contributed by atoms with Crippen LogP contribution < -0.4 is 10.6 Å². The van der Waals surface area contributed by atoms with Gasteiger partial charge in [-0.3, -0.25) is 0 Å².